The first-order valence-electron chi connectivity index (χ1n) is 6.58. The van der Waals surface area contributed by atoms with Crippen LogP contribution in [0.4, 0.5) is 24.7 Å². The number of ether oxygens (including phenoxy) is 1. The van der Waals surface area contributed by atoms with Gasteiger partial charge in [0, 0.05) is 5.69 Å². The number of alkyl halides is 3. The Hall–Kier alpha value is -2.99. The molecule has 10 heteroatoms. The third kappa shape index (κ3) is 4.51. The number of carboxylic acid groups (broad SMARTS) is 1. The largest absolute Gasteiger partial charge is 0.573 e. The minimum absolute atomic E-state index is 0.129. The van der Waals surface area contributed by atoms with Crippen LogP contribution in [0.2, 0.25) is 5.02 Å². The van der Waals surface area contributed by atoms with Gasteiger partial charge >= 0.3 is 12.3 Å². The van der Waals surface area contributed by atoms with E-state index in [0.29, 0.717) is 5.56 Å². The van der Waals surface area contributed by atoms with Crippen LogP contribution in [-0.2, 0) is 0 Å². The molecule has 1 aromatic heterocycles. The summed E-state index contributed by atoms with van der Waals surface area (Å²) >= 11 is 5.76. The lowest BCUT2D eigenvalue weighted by Gasteiger charge is -2.14. The number of hydrogen-bond acceptors (Lipinski definition) is 5. The van der Waals surface area contributed by atoms with Crippen molar-refractivity contribution in [3.05, 3.63) is 46.1 Å². The van der Waals surface area contributed by atoms with Gasteiger partial charge in [0.1, 0.15) is 23.2 Å². The summed E-state index contributed by atoms with van der Waals surface area (Å²) in [6, 6.07) is 6.23. The van der Waals surface area contributed by atoms with E-state index in [1.165, 1.54) is 13.0 Å². The molecule has 6 nitrogen and oxygen atoms in total. The highest BCUT2D eigenvalue weighted by Gasteiger charge is 2.31. The van der Waals surface area contributed by atoms with Crippen LogP contribution in [0.5, 0.6) is 5.75 Å². The zero-order chi connectivity index (χ0) is 18.8. The Morgan fingerprint density at radius 1 is 1.40 bits per heavy atom. The Morgan fingerprint density at radius 3 is 2.60 bits per heavy atom. The molecule has 25 heavy (non-hydrogen) atoms. The number of rotatable bonds is 4. The Kier molecular flexibility index (Phi) is 5.04. The van der Waals surface area contributed by atoms with Crippen LogP contribution in [0.15, 0.2) is 24.3 Å². The van der Waals surface area contributed by atoms with E-state index in [9.17, 15) is 23.1 Å². The normalized spacial score (nSPS) is 10.9. The van der Waals surface area contributed by atoms with Crippen molar-refractivity contribution in [1.82, 2.24) is 4.98 Å². The third-order valence-corrected chi connectivity index (χ3v) is 3.28. The molecule has 0 amide bonds. The summed E-state index contributed by atoms with van der Waals surface area (Å²) in [4.78, 5) is 15.1. The maximum atomic E-state index is 12.2. The summed E-state index contributed by atoms with van der Waals surface area (Å²) in [5.74, 6) is -1.92. The summed E-state index contributed by atoms with van der Waals surface area (Å²) in [5, 5.41) is 20.7. The molecule has 0 saturated carbocycles. The molecule has 0 spiro atoms. The highest BCUT2D eigenvalue weighted by Crippen LogP contribution is 2.30. The van der Waals surface area contributed by atoms with Gasteiger partial charge in [-0.15, -0.1) is 13.2 Å². The summed E-state index contributed by atoms with van der Waals surface area (Å²) in [6.45, 7) is 1.49. The predicted octanol–water partition coefficient (Wildman–Crippen LogP) is 4.26. The summed E-state index contributed by atoms with van der Waals surface area (Å²) < 4.78 is 40.5. The van der Waals surface area contributed by atoms with E-state index >= 15 is 0 Å². The molecule has 0 aliphatic carbocycles. The first kappa shape index (κ1) is 18.4. The number of benzene rings is 1. The van der Waals surface area contributed by atoms with Crippen LogP contribution in [0, 0.1) is 18.3 Å². The highest BCUT2D eigenvalue weighted by atomic mass is 35.5. The SMILES string of the molecule is Cc1cc(OC(F)(F)F)ccc1Nc1nc(C#N)c(Cl)cc1C(=O)O. The molecule has 2 aromatic rings. The second-order valence-corrected chi connectivity index (χ2v) is 5.19. The maximum Gasteiger partial charge on any atom is 0.573 e. The lowest BCUT2D eigenvalue weighted by Crippen LogP contribution is -2.17. The van der Waals surface area contributed by atoms with E-state index in [-0.39, 0.29) is 27.8 Å². The van der Waals surface area contributed by atoms with Crippen molar-refractivity contribution in [3.63, 3.8) is 0 Å². The molecular formula is C15H9ClF3N3O3. The Morgan fingerprint density at radius 2 is 2.08 bits per heavy atom. The second kappa shape index (κ2) is 6.86. The van der Waals surface area contributed by atoms with E-state index in [2.05, 4.69) is 15.0 Å². The van der Waals surface area contributed by atoms with Crippen LogP contribution in [-0.4, -0.2) is 22.4 Å². The van der Waals surface area contributed by atoms with Gasteiger partial charge in [-0.25, -0.2) is 9.78 Å². The Balaban J connectivity index is 2.40. The zero-order valence-electron chi connectivity index (χ0n) is 12.5. The van der Waals surface area contributed by atoms with Gasteiger partial charge in [0.05, 0.1) is 5.02 Å². The molecule has 0 saturated heterocycles. The highest BCUT2D eigenvalue weighted by molar-refractivity contribution is 6.32. The van der Waals surface area contributed by atoms with E-state index in [4.69, 9.17) is 16.9 Å². The number of halogens is 4. The molecule has 1 aromatic carbocycles. The van der Waals surface area contributed by atoms with E-state index in [1.54, 1.807) is 6.07 Å². The van der Waals surface area contributed by atoms with E-state index in [0.717, 1.165) is 18.2 Å². The summed E-state index contributed by atoms with van der Waals surface area (Å²) in [6.07, 6.45) is -4.82. The molecule has 2 N–H and O–H groups in total. The number of aromatic carboxylic acids is 1. The van der Waals surface area contributed by atoms with Crippen LogP contribution in [0.3, 0.4) is 0 Å². The molecule has 0 aliphatic rings. The molecule has 0 fully saturated rings. The predicted molar refractivity (Wildman–Crippen MR) is 82.1 cm³/mol. The minimum Gasteiger partial charge on any atom is -0.478 e. The number of anilines is 2. The monoisotopic (exact) mass is 371 g/mol. The van der Waals surface area contributed by atoms with Crippen LogP contribution in [0.1, 0.15) is 21.6 Å². The number of aromatic nitrogens is 1. The second-order valence-electron chi connectivity index (χ2n) is 4.78. The average molecular weight is 372 g/mol. The van der Waals surface area contributed by atoms with Crippen molar-refractivity contribution in [2.45, 2.75) is 13.3 Å². The molecule has 0 unspecified atom stereocenters. The molecule has 0 aliphatic heterocycles. The van der Waals surface area contributed by atoms with Gasteiger partial charge in [0.25, 0.3) is 0 Å². The van der Waals surface area contributed by atoms with Gasteiger partial charge in [-0.2, -0.15) is 5.26 Å². The van der Waals surface area contributed by atoms with Crippen molar-refractivity contribution in [3.8, 4) is 11.8 Å². The fraction of sp³-hybridized carbons (Fsp3) is 0.133. The van der Waals surface area contributed by atoms with Crippen LogP contribution in [0.25, 0.3) is 0 Å². The average Bonchev–Trinajstić information content (AvgIpc) is 2.49. The van der Waals surface area contributed by atoms with Gasteiger partial charge in [-0.3, -0.25) is 0 Å². The van der Waals surface area contributed by atoms with Crippen molar-refractivity contribution in [2.24, 2.45) is 0 Å². The molecule has 0 bridgehead atoms. The van der Waals surface area contributed by atoms with Crippen molar-refractivity contribution < 1.29 is 27.8 Å². The topological polar surface area (TPSA) is 95.2 Å². The quantitative estimate of drug-likeness (QED) is 0.834. The van der Waals surface area contributed by atoms with Gasteiger partial charge in [-0.1, -0.05) is 11.6 Å². The lowest BCUT2D eigenvalue weighted by molar-refractivity contribution is -0.274. The number of aryl methyl sites for hydroxylation is 1. The first-order valence-corrected chi connectivity index (χ1v) is 6.96. The van der Waals surface area contributed by atoms with Crippen molar-refractivity contribution >= 4 is 29.1 Å². The molecule has 1 heterocycles. The van der Waals surface area contributed by atoms with E-state index < -0.39 is 18.1 Å². The zero-order valence-corrected chi connectivity index (χ0v) is 13.2. The minimum atomic E-state index is -4.82. The van der Waals surface area contributed by atoms with E-state index in [1.807, 2.05) is 0 Å². The van der Waals surface area contributed by atoms with Gasteiger partial charge in [0.15, 0.2) is 5.69 Å². The van der Waals surface area contributed by atoms with Crippen LogP contribution >= 0.6 is 11.6 Å². The number of nitrogens with one attached hydrogen (secondary N) is 1. The number of carboxylic acids is 1. The number of nitriles is 1. The fourth-order valence-electron chi connectivity index (χ4n) is 1.93. The number of carbonyl (C=O) groups is 1. The number of pyridine rings is 1. The summed E-state index contributed by atoms with van der Waals surface area (Å²) in [7, 11) is 0. The van der Waals surface area contributed by atoms with Crippen molar-refractivity contribution in [2.75, 3.05) is 5.32 Å². The standard InChI is InChI=1S/C15H9ClF3N3O3/c1-7-4-8(25-15(17,18)19)2-3-11(7)21-13-9(14(23)24)5-10(16)12(6-20)22-13/h2-5H,1H3,(H,21,22)(H,23,24). The molecule has 0 radical (unpaired) electrons. The first-order chi connectivity index (χ1) is 11.6. The fourth-order valence-corrected chi connectivity index (χ4v) is 2.12. The summed E-state index contributed by atoms with van der Waals surface area (Å²) in [5.41, 5.74) is 0.145. The maximum absolute atomic E-state index is 12.2. The van der Waals surface area contributed by atoms with Gasteiger partial charge in [-0.05, 0) is 36.8 Å². The molecule has 2 rings (SSSR count). The van der Waals surface area contributed by atoms with Crippen LogP contribution < -0.4 is 10.1 Å². The lowest BCUT2D eigenvalue weighted by atomic mass is 10.1. The molecule has 130 valence electrons. The number of hydrogen-bond donors (Lipinski definition) is 2. The molecule has 0 atom stereocenters. The van der Waals surface area contributed by atoms with Crippen molar-refractivity contribution in [1.29, 1.82) is 5.26 Å². The smallest absolute Gasteiger partial charge is 0.478 e. The number of nitrogens with zero attached hydrogens (tertiary/aromatic N) is 2. The molecular weight excluding hydrogens is 363 g/mol. The third-order valence-electron chi connectivity index (χ3n) is 3.00. The Labute approximate surface area is 144 Å². The van der Waals surface area contributed by atoms with Gasteiger partial charge < -0.3 is 15.2 Å². The Bertz CT molecular complexity index is 879. The van der Waals surface area contributed by atoms with Gasteiger partial charge in [0.2, 0.25) is 0 Å².